The van der Waals surface area contributed by atoms with Gasteiger partial charge in [0.15, 0.2) is 5.17 Å². The summed E-state index contributed by atoms with van der Waals surface area (Å²) in [7, 11) is 0. The number of ether oxygens (including phenoxy) is 1. The zero-order valence-corrected chi connectivity index (χ0v) is 19.6. The average molecular weight is 473 g/mol. The first-order valence-electron chi connectivity index (χ1n) is 10.7. The van der Waals surface area contributed by atoms with Gasteiger partial charge in [0.25, 0.3) is 0 Å². The van der Waals surface area contributed by atoms with E-state index >= 15 is 0 Å². The standard InChI is InChI=1S/C28H24N2OS.ClH/c1-4-12-22(13-5-1)26-27(23-14-6-2-7-15-23)30-28(29-26)32-20-21-11-10-18-25(19-21)31-24-16-8-3-9-17-24;/h1-19,26-27H,20H2,(H,29,30);1H. The van der Waals surface area contributed by atoms with Gasteiger partial charge >= 0.3 is 0 Å². The fourth-order valence-electron chi connectivity index (χ4n) is 3.85. The zero-order valence-electron chi connectivity index (χ0n) is 18.0. The molecule has 0 spiro atoms. The molecule has 33 heavy (non-hydrogen) atoms. The van der Waals surface area contributed by atoms with E-state index in [1.54, 1.807) is 11.8 Å². The van der Waals surface area contributed by atoms with Crippen LogP contribution < -0.4 is 10.1 Å². The van der Waals surface area contributed by atoms with E-state index in [1.165, 1.54) is 16.7 Å². The molecule has 1 aliphatic rings. The number of halogens is 1. The number of aliphatic imine (C=N–C) groups is 1. The molecule has 166 valence electrons. The molecule has 2 unspecified atom stereocenters. The van der Waals surface area contributed by atoms with Gasteiger partial charge in [0.05, 0.1) is 6.04 Å². The molecule has 0 aromatic heterocycles. The molecule has 0 radical (unpaired) electrons. The molecule has 0 amide bonds. The Balaban J connectivity index is 0.00000259. The maximum atomic E-state index is 5.99. The molecule has 3 nitrogen and oxygen atoms in total. The van der Waals surface area contributed by atoms with Crippen LogP contribution in [0.5, 0.6) is 11.5 Å². The van der Waals surface area contributed by atoms with Crippen molar-refractivity contribution < 1.29 is 4.74 Å². The van der Waals surface area contributed by atoms with E-state index in [1.807, 2.05) is 48.5 Å². The third-order valence-corrected chi connectivity index (χ3v) is 6.38. The Bertz CT molecular complexity index is 1190. The van der Waals surface area contributed by atoms with Gasteiger partial charge in [-0.15, -0.1) is 12.4 Å². The second-order valence-electron chi connectivity index (χ2n) is 7.67. The Morgan fingerprint density at radius 3 is 2.00 bits per heavy atom. The van der Waals surface area contributed by atoms with Gasteiger partial charge in [-0.2, -0.15) is 0 Å². The zero-order chi connectivity index (χ0) is 21.6. The molecule has 4 aromatic carbocycles. The molecule has 5 rings (SSSR count). The number of hydrogen-bond donors (Lipinski definition) is 1. The van der Waals surface area contributed by atoms with Gasteiger partial charge in [0.2, 0.25) is 0 Å². The van der Waals surface area contributed by atoms with E-state index in [-0.39, 0.29) is 24.5 Å². The molecule has 2 atom stereocenters. The molecule has 0 saturated heterocycles. The van der Waals surface area contributed by atoms with Crippen LogP contribution in [0.25, 0.3) is 0 Å². The van der Waals surface area contributed by atoms with E-state index in [0.29, 0.717) is 0 Å². The molecular weight excluding hydrogens is 448 g/mol. The molecule has 0 bridgehead atoms. The normalized spacial score (nSPS) is 16.9. The van der Waals surface area contributed by atoms with Crippen LogP contribution in [-0.2, 0) is 5.75 Å². The highest BCUT2D eigenvalue weighted by atomic mass is 35.5. The van der Waals surface area contributed by atoms with Gasteiger partial charge < -0.3 is 10.1 Å². The Hall–Kier alpha value is -3.21. The van der Waals surface area contributed by atoms with Crippen molar-refractivity contribution in [3.05, 3.63) is 132 Å². The SMILES string of the molecule is Cl.c1ccc(Oc2cccc(CSC3=NC(c4ccccc4)C(c4ccccc4)N3)c2)cc1. The van der Waals surface area contributed by atoms with Gasteiger partial charge in [0.1, 0.15) is 17.5 Å². The lowest BCUT2D eigenvalue weighted by Crippen LogP contribution is -2.22. The van der Waals surface area contributed by atoms with Crippen molar-refractivity contribution in [1.82, 2.24) is 5.32 Å². The van der Waals surface area contributed by atoms with Crippen LogP contribution in [-0.4, -0.2) is 5.17 Å². The van der Waals surface area contributed by atoms with Crippen LogP contribution in [0.4, 0.5) is 0 Å². The van der Waals surface area contributed by atoms with Gasteiger partial charge in [-0.3, -0.25) is 4.99 Å². The van der Waals surface area contributed by atoms with Crippen LogP contribution >= 0.6 is 24.2 Å². The minimum atomic E-state index is 0. The summed E-state index contributed by atoms with van der Waals surface area (Å²) in [6.07, 6.45) is 0. The van der Waals surface area contributed by atoms with Crippen molar-refractivity contribution in [2.45, 2.75) is 17.8 Å². The second-order valence-corrected chi connectivity index (χ2v) is 8.64. The van der Waals surface area contributed by atoms with Crippen molar-refractivity contribution in [3.63, 3.8) is 0 Å². The van der Waals surface area contributed by atoms with Crippen LogP contribution in [0.3, 0.4) is 0 Å². The maximum absolute atomic E-state index is 5.99. The Labute approximate surface area is 205 Å². The van der Waals surface area contributed by atoms with Gasteiger partial charge in [-0.05, 0) is 41.0 Å². The quantitative estimate of drug-likeness (QED) is 0.314. The van der Waals surface area contributed by atoms with Gasteiger partial charge in [0, 0.05) is 5.75 Å². The molecule has 1 aliphatic heterocycles. The number of nitrogens with zero attached hydrogens (tertiary/aromatic N) is 1. The number of para-hydroxylation sites is 1. The first-order valence-corrected chi connectivity index (χ1v) is 11.7. The molecule has 1 heterocycles. The molecular formula is C28H25ClN2OS. The fourth-order valence-corrected chi connectivity index (χ4v) is 4.73. The predicted octanol–water partition coefficient (Wildman–Crippen LogP) is 7.58. The van der Waals surface area contributed by atoms with E-state index in [2.05, 4.69) is 72.0 Å². The number of amidine groups is 1. The monoisotopic (exact) mass is 472 g/mol. The summed E-state index contributed by atoms with van der Waals surface area (Å²) in [6, 6.07) is 39.4. The topological polar surface area (TPSA) is 33.6 Å². The minimum absolute atomic E-state index is 0. The fraction of sp³-hybridized carbons (Fsp3) is 0.107. The largest absolute Gasteiger partial charge is 0.457 e. The van der Waals surface area contributed by atoms with E-state index < -0.39 is 0 Å². The third kappa shape index (κ3) is 5.78. The summed E-state index contributed by atoms with van der Waals surface area (Å²) in [6.45, 7) is 0. The maximum Gasteiger partial charge on any atom is 0.158 e. The van der Waals surface area contributed by atoms with Crippen molar-refractivity contribution in [3.8, 4) is 11.5 Å². The van der Waals surface area contributed by atoms with Crippen molar-refractivity contribution in [2.75, 3.05) is 0 Å². The van der Waals surface area contributed by atoms with E-state index in [0.717, 1.165) is 22.4 Å². The van der Waals surface area contributed by atoms with Crippen molar-refractivity contribution in [1.29, 1.82) is 0 Å². The minimum Gasteiger partial charge on any atom is -0.457 e. The summed E-state index contributed by atoms with van der Waals surface area (Å²) in [5.74, 6) is 2.51. The van der Waals surface area contributed by atoms with Crippen LogP contribution in [0.2, 0.25) is 0 Å². The molecule has 1 N–H and O–H groups in total. The summed E-state index contributed by atoms with van der Waals surface area (Å²) < 4.78 is 5.99. The van der Waals surface area contributed by atoms with Crippen LogP contribution in [0.1, 0.15) is 28.8 Å². The highest BCUT2D eigenvalue weighted by Gasteiger charge is 2.31. The number of nitrogens with one attached hydrogen (secondary N) is 1. The highest BCUT2D eigenvalue weighted by Crippen LogP contribution is 2.38. The molecule has 5 heteroatoms. The summed E-state index contributed by atoms with van der Waals surface area (Å²) in [4.78, 5) is 5.06. The smallest absolute Gasteiger partial charge is 0.158 e. The highest BCUT2D eigenvalue weighted by molar-refractivity contribution is 8.13. The molecule has 0 fully saturated rings. The number of benzene rings is 4. The predicted molar refractivity (Wildman–Crippen MR) is 140 cm³/mol. The van der Waals surface area contributed by atoms with Crippen LogP contribution in [0, 0.1) is 0 Å². The molecule has 0 saturated carbocycles. The summed E-state index contributed by atoms with van der Waals surface area (Å²) in [5.41, 5.74) is 3.68. The number of thioether (sulfide) groups is 1. The summed E-state index contributed by atoms with van der Waals surface area (Å²) in [5, 5.41) is 4.64. The number of rotatable bonds is 6. The lowest BCUT2D eigenvalue weighted by Gasteiger charge is -2.19. The average Bonchev–Trinajstić information content (AvgIpc) is 3.29. The first kappa shape index (κ1) is 23.0. The van der Waals surface area contributed by atoms with Crippen LogP contribution in [0.15, 0.2) is 120 Å². The second kappa shape index (κ2) is 11.1. The first-order chi connectivity index (χ1) is 15.8. The van der Waals surface area contributed by atoms with Crippen molar-refractivity contribution >= 4 is 29.3 Å². The molecule has 4 aromatic rings. The van der Waals surface area contributed by atoms with Crippen molar-refractivity contribution in [2.24, 2.45) is 4.99 Å². The van der Waals surface area contributed by atoms with E-state index in [4.69, 9.17) is 9.73 Å². The Morgan fingerprint density at radius 1 is 0.697 bits per heavy atom. The summed E-state index contributed by atoms with van der Waals surface area (Å²) >= 11 is 1.73. The lowest BCUT2D eigenvalue weighted by molar-refractivity contribution is 0.482. The lowest BCUT2D eigenvalue weighted by atomic mass is 9.95. The molecule has 0 aliphatic carbocycles. The number of hydrogen-bond acceptors (Lipinski definition) is 4. The Morgan fingerprint density at radius 2 is 1.30 bits per heavy atom. The van der Waals surface area contributed by atoms with E-state index in [9.17, 15) is 0 Å². The Kier molecular flexibility index (Phi) is 7.71. The van der Waals surface area contributed by atoms with Gasteiger partial charge in [-0.25, -0.2) is 0 Å². The van der Waals surface area contributed by atoms with Gasteiger partial charge in [-0.1, -0.05) is 103 Å². The third-order valence-electron chi connectivity index (χ3n) is 5.40.